The first-order valence-electron chi connectivity index (χ1n) is 25.1. The third-order valence-electron chi connectivity index (χ3n) is 14.6. The third kappa shape index (κ3) is 10.9. The van der Waals surface area contributed by atoms with E-state index in [0.29, 0.717) is 42.4 Å². The van der Waals surface area contributed by atoms with Crippen molar-refractivity contribution in [3.63, 3.8) is 0 Å². The van der Waals surface area contributed by atoms with Crippen LogP contribution in [0.1, 0.15) is 133 Å². The predicted molar refractivity (Wildman–Crippen MR) is 276 cm³/mol. The zero-order valence-corrected chi connectivity index (χ0v) is 40.3. The van der Waals surface area contributed by atoms with Crippen LogP contribution in [-0.4, -0.2) is 48.6 Å². The number of carbonyl (C=O) groups excluding carboxylic acids is 3. The van der Waals surface area contributed by atoms with E-state index >= 15 is 0 Å². The molecule has 69 heavy (non-hydrogen) atoms. The first kappa shape index (κ1) is 47.6. The van der Waals surface area contributed by atoms with E-state index in [9.17, 15) is 14.4 Å². The minimum atomic E-state index is -1.30. The van der Waals surface area contributed by atoms with Crippen molar-refractivity contribution >= 4 is 35.1 Å². The van der Waals surface area contributed by atoms with E-state index in [0.717, 1.165) is 69.3 Å². The number of ether oxygens (including phenoxy) is 2. The van der Waals surface area contributed by atoms with Crippen LogP contribution in [0.5, 0.6) is 0 Å². The van der Waals surface area contributed by atoms with Gasteiger partial charge in [-0.05, 0) is 95.0 Å². The monoisotopic (exact) mass is 938 g/mol. The van der Waals surface area contributed by atoms with Gasteiger partial charge in [-0.1, -0.05) is 196 Å². The van der Waals surface area contributed by atoms with Crippen molar-refractivity contribution in [2.75, 3.05) is 19.7 Å². The maximum absolute atomic E-state index is 14.3. The molecular formula is C61H63ClN2O5. The normalized spacial score (nSPS) is 16.4. The number of allylic oxidation sites excluding steroid dienone is 1. The molecule has 8 heteroatoms. The van der Waals surface area contributed by atoms with Gasteiger partial charge >= 0.3 is 12.1 Å². The molecule has 354 valence electrons. The zero-order valence-electron chi connectivity index (χ0n) is 39.6. The molecule has 1 saturated heterocycles. The van der Waals surface area contributed by atoms with Crippen LogP contribution in [0, 0.1) is 0 Å². The van der Waals surface area contributed by atoms with Crippen molar-refractivity contribution in [2.45, 2.75) is 107 Å². The van der Waals surface area contributed by atoms with Gasteiger partial charge in [0, 0.05) is 53.6 Å². The lowest BCUT2D eigenvalue weighted by molar-refractivity contribution is -0.153. The molecule has 9 rings (SSSR count). The van der Waals surface area contributed by atoms with Crippen LogP contribution in [0.25, 0.3) is 16.7 Å². The van der Waals surface area contributed by atoms with Gasteiger partial charge < -0.3 is 19.7 Å². The molecule has 2 atom stereocenters. The molecule has 1 saturated carbocycles. The molecule has 0 aromatic heterocycles. The van der Waals surface area contributed by atoms with Crippen LogP contribution in [0.4, 0.5) is 4.79 Å². The summed E-state index contributed by atoms with van der Waals surface area (Å²) in [6.45, 7) is 5.88. The lowest BCUT2D eigenvalue weighted by Crippen LogP contribution is -2.51. The fourth-order valence-corrected chi connectivity index (χ4v) is 11.2. The number of hydrogen-bond acceptors (Lipinski definition) is 5. The van der Waals surface area contributed by atoms with E-state index in [4.69, 9.17) is 21.1 Å². The number of benzene rings is 6. The second-order valence-corrected chi connectivity index (χ2v) is 19.5. The fraction of sp³-hybridized carbons (Fsp3) is 0.328. The fourth-order valence-electron chi connectivity index (χ4n) is 10.9. The van der Waals surface area contributed by atoms with E-state index in [1.165, 1.54) is 50.5 Å². The molecule has 1 unspecified atom stereocenters. The molecule has 2 aliphatic carbocycles. The van der Waals surface area contributed by atoms with Crippen LogP contribution >= 0.6 is 11.6 Å². The average Bonchev–Trinajstić information content (AvgIpc) is 3.70. The van der Waals surface area contributed by atoms with Crippen molar-refractivity contribution in [1.82, 2.24) is 10.2 Å². The van der Waals surface area contributed by atoms with Crippen LogP contribution in [-0.2, 0) is 31.1 Å². The highest BCUT2D eigenvalue weighted by Crippen LogP contribution is 2.46. The summed E-state index contributed by atoms with van der Waals surface area (Å²) in [5, 5.41) is 3.46. The minimum Gasteiger partial charge on any atom is -0.449 e. The van der Waals surface area contributed by atoms with Crippen molar-refractivity contribution in [3.05, 3.63) is 208 Å². The van der Waals surface area contributed by atoms with Gasteiger partial charge in [0.15, 0.2) is 5.60 Å². The Balaban J connectivity index is 0.881. The number of piperidine rings is 1. The van der Waals surface area contributed by atoms with Gasteiger partial charge in [0.2, 0.25) is 5.91 Å². The highest BCUT2D eigenvalue weighted by atomic mass is 35.5. The lowest BCUT2D eigenvalue weighted by Gasteiger charge is -2.36. The molecule has 6 aromatic carbocycles. The number of halogens is 1. The number of esters is 1. The molecule has 7 nitrogen and oxygen atoms in total. The molecule has 2 fully saturated rings. The Labute approximate surface area is 412 Å². The standard InChI is InChI=1S/C61H63ClN2O5/c1-43(29-38-58(65)69-61(48-21-9-5-10-22-48,55-27-15-16-28-56(55)62)49-36-34-47(35-37-49)46-19-7-3-2-4-8-20-46)45-32-30-44(31-33-45)41-57(59(66)64-39-17-6-18-40-64)63-60(67)68-42-54-52-25-13-11-23-50(52)51-24-12-14-26-53(51)54/h5,9-16,21-28,30-37,46,54,57H,1-4,6-8,17-20,29,38-42H2,(H,63,67)/t57-,61?/m0/s1. The average molecular weight is 940 g/mol. The smallest absolute Gasteiger partial charge is 0.407 e. The second kappa shape index (κ2) is 22.3. The number of amides is 2. The Morgan fingerprint density at radius 1 is 0.652 bits per heavy atom. The Bertz CT molecular complexity index is 2680. The molecule has 0 radical (unpaired) electrons. The van der Waals surface area contributed by atoms with E-state index in [2.05, 4.69) is 60.4 Å². The van der Waals surface area contributed by atoms with Crippen LogP contribution in [0.2, 0.25) is 5.02 Å². The SMILES string of the molecule is C=C(CCC(=O)OC(c1ccccc1)(c1ccc(C2CCCCCCC2)cc1)c1ccccc1Cl)c1ccc(C[C@H](NC(=O)OCC2c3ccccc3-c3ccccc32)C(=O)N2CCCCC2)cc1. The quantitative estimate of drug-likeness (QED) is 0.0819. The van der Waals surface area contributed by atoms with Crippen molar-refractivity contribution in [1.29, 1.82) is 0 Å². The molecule has 3 aliphatic rings. The zero-order chi connectivity index (χ0) is 47.6. The topological polar surface area (TPSA) is 84.9 Å². The summed E-state index contributed by atoms with van der Waals surface area (Å²) < 4.78 is 12.7. The van der Waals surface area contributed by atoms with Crippen molar-refractivity contribution in [3.8, 4) is 11.1 Å². The second-order valence-electron chi connectivity index (χ2n) is 19.1. The maximum atomic E-state index is 14.3. The van der Waals surface area contributed by atoms with E-state index in [1.807, 2.05) is 108 Å². The van der Waals surface area contributed by atoms with Crippen LogP contribution < -0.4 is 5.32 Å². The number of hydrogen-bond donors (Lipinski definition) is 1. The highest BCUT2D eigenvalue weighted by Gasteiger charge is 2.42. The van der Waals surface area contributed by atoms with Crippen LogP contribution in [0.3, 0.4) is 0 Å². The number of alkyl carbamates (subject to hydrolysis) is 1. The van der Waals surface area contributed by atoms with E-state index in [1.54, 1.807) is 0 Å². The Kier molecular flexibility index (Phi) is 15.4. The number of carbonyl (C=O) groups is 3. The molecule has 0 bridgehead atoms. The number of rotatable bonds is 15. The summed E-state index contributed by atoms with van der Waals surface area (Å²) in [5.41, 5.74) is 9.48. The summed E-state index contributed by atoms with van der Waals surface area (Å²) in [6.07, 6.45) is 11.9. The van der Waals surface area contributed by atoms with E-state index in [-0.39, 0.29) is 30.8 Å². The highest BCUT2D eigenvalue weighted by molar-refractivity contribution is 6.31. The minimum absolute atomic E-state index is 0.0896. The molecule has 2 amide bonds. The number of fused-ring (bicyclic) bond motifs is 3. The van der Waals surface area contributed by atoms with Gasteiger partial charge in [0.05, 0.1) is 0 Å². The number of nitrogens with zero attached hydrogens (tertiary/aromatic N) is 1. The molecule has 1 aliphatic heterocycles. The van der Waals surface area contributed by atoms with Gasteiger partial charge in [0.1, 0.15) is 12.6 Å². The van der Waals surface area contributed by atoms with Gasteiger partial charge in [0.25, 0.3) is 0 Å². The molecule has 1 heterocycles. The van der Waals surface area contributed by atoms with Gasteiger partial charge in [-0.25, -0.2) is 4.79 Å². The predicted octanol–water partition coefficient (Wildman–Crippen LogP) is 14.0. The number of nitrogens with one attached hydrogen (secondary N) is 1. The Morgan fingerprint density at radius 2 is 1.23 bits per heavy atom. The first-order chi connectivity index (χ1) is 33.8. The lowest BCUT2D eigenvalue weighted by atomic mass is 9.78. The van der Waals surface area contributed by atoms with Gasteiger partial charge in [-0.2, -0.15) is 0 Å². The Hall–Kier alpha value is -6.44. The van der Waals surface area contributed by atoms with Crippen LogP contribution in [0.15, 0.2) is 158 Å². The summed E-state index contributed by atoms with van der Waals surface area (Å²) in [7, 11) is 0. The van der Waals surface area contributed by atoms with E-state index < -0.39 is 17.7 Å². The summed E-state index contributed by atoms with van der Waals surface area (Å²) in [5.74, 6) is -0.0560. The first-order valence-corrected chi connectivity index (χ1v) is 25.5. The van der Waals surface area contributed by atoms with Crippen molar-refractivity contribution < 1.29 is 23.9 Å². The largest absolute Gasteiger partial charge is 0.449 e. The Morgan fingerprint density at radius 3 is 1.90 bits per heavy atom. The number of likely N-dealkylation sites (tertiary alicyclic amines) is 1. The molecular weight excluding hydrogens is 876 g/mol. The summed E-state index contributed by atoms with van der Waals surface area (Å²) in [6, 6.07) is 49.7. The maximum Gasteiger partial charge on any atom is 0.407 e. The summed E-state index contributed by atoms with van der Waals surface area (Å²) >= 11 is 7.03. The summed E-state index contributed by atoms with van der Waals surface area (Å²) in [4.78, 5) is 43.8. The molecule has 6 aromatic rings. The van der Waals surface area contributed by atoms with Gasteiger partial charge in [-0.3, -0.25) is 9.59 Å². The van der Waals surface area contributed by atoms with Crippen molar-refractivity contribution in [2.24, 2.45) is 0 Å². The molecule has 1 N–H and O–H groups in total. The molecule has 0 spiro atoms. The van der Waals surface area contributed by atoms with Gasteiger partial charge in [-0.15, -0.1) is 0 Å². The third-order valence-corrected chi connectivity index (χ3v) is 15.0.